The van der Waals surface area contributed by atoms with E-state index >= 15 is 0 Å². The molecule has 1 aliphatic carbocycles. The van der Waals surface area contributed by atoms with Crippen LogP contribution in [0.25, 0.3) is 0 Å². The molecule has 0 aromatic carbocycles. The Hall–Kier alpha value is -1.29. The smallest absolute Gasteiger partial charge is 0.303 e. The number of methoxy groups -OCH3 is 1. The molecule has 0 radical (unpaired) electrons. The summed E-state index contributed by atoms with van der Waals surface area (Å²) in [5.41, 5.74) is 1.11. The molecule has 4 nitrogen and oxygen atoms in total. The third-order valence-corrected chi connectivity index (χ3v) is 2.63. The molecule has 0 aromatic heterocycles. The molecule has 0 saturated carbocycles. The molecule has 0 aromatic rings. The van der Waals surface area contributed by atoms with Gasteiger partial charge < -0.3 is 14.4 Å². The zero-order valence-corrected chi connectivity index (χ0v) is 11.0. The van der Waals surface area contributed by atoms with Crippen molar-refractivity contribution >= 4 is 5.97 Å². The van der Waals surface area contributed by atoms with Crippen molar-refractivity contribution in [3.63, 3.8) is 0 Å². The van der Waals surface area contributed by atoms with Gasteiger partial charge in [-0.25, -0.2) is 0 Å². The Bertz CT molecular complexity index is 332. The summed E-state index contributed by atoms with van der Waals surface area (Å²) >= 11 is 0. The van der Waals surface area contributed by atoms with Gasteiger partial charge in [0.05, 0.1) is 7.11 Å². The highest BCUT2D eigenvalue weighted by Gasteiger charge is 2.23. The first-order valence-electron chi connectivity index (χ1n) is 5.80. The van der Waals surface area contributed by atoms with E-state index in [0.717, 1.165) is 24.3 Å². The van der Waals surface area contributed by atoms with E-state index in [0.29, 0.717) is 6.42 Å². The SMILES string of the molecule is COC1=C(CCN(C)C)C=CCC1OC(C)=O. The van der Waals surface area contributed by atoms with E-state index in [9.17, 15) is 4.79 Å². The third kappa shape index (κ3) is 4.23. The summed E-state index contributed by atoms with van der Waals surface area (Å²) in [7, 11) is 5.69. The lowest BCUT2D eigenvalue weighted by atomic mass is 9.99. The van der Waals surface area contributed by atoms with Crippen molar-refractivity contribution in [3.8, 4) is 0 Å². The van der Waals surface area contributed by atoms with Gasteiger partial charge in [-0.15, -0.1) is 0 Å². The summed E-state index contributed by atoms with van der Waals surface area (Å²) in [5, 5.41) is 0. The van der Waals surface area contributed by atoms with E-state index in [1.54, 1.807) is 7.11 Å². The van der Waals surface area contributed by atoms with Crippen molar-refractivity contribution in [2.45, 2.75) is 25.9 Å². The molecule has 17 heavy (non-hydrogen) atoms. The molecule has 4 heteroatoms. The fourth-order valence-corrected chi connectivity index (χ4v) is 1.84. The Morgan fingerprint density at radius 2 is 2.24 bits per heavy atom. The van der Waals surface area contributed by atoms with Crippen molar-refractivity contribution in [1.29, 1.82) is 0 Å². The number of rotatable bonds is 5. The molecule has 0 fully saturated rings. The largest absolute Gasteiger partial charge is 0.497 e. The molecule has 1 aliphatic rings. The normalized spacial score (nSPS) is 19.7. The van der Waals surface area contributed by atoms with Gasteiger partial charge in [-0.2, -0.15) is 0 Å². The second kappa shape index (κ2) is 6.45. The van der Waals surface area contributed by atoms with E-state index in [2.05, 4.69) is 11.0 Å². The van der Waals surface area contributed by atoms with Crippen LogP contribution in [0.3, 0.4) is 0 Å². The highest BCUT2D eigenvalue weighted by molar-refractivity contribution is 5.66. The number of esters is 1. The minimum Gasteiger partial charge on any atom is -0.497 e. The lowest BCUT2D eigenvalue weighted by Crippen LogP contribution is -2.24. The average Bonchev–Trinajstić information content (AvgIpc) is 2.25. The Kier molecular flexibility index (Phi) is 5.22. The third-order valence-electron chi connectivity index (χ3n) is 2.63. The van der Waals surface area contributed by atoms with E-state index in [-0.39, 0.29) is 12.1 Å². The summed E-state index contributed by atoms with van der Waals surface area (Å²) in [6, 6.07) is 0. The summed E-state index contributed by atoms with van der Waals surface area (Å²) in [5.74, 6) is 0.511. The number of carbonyl (C=O) groups excluding carboxylic acids is 1. The van der Waals surface area contributed by atoms with Gasteiger partial charge in [-0.1, -0.05) is 12.2 Å². The number of carbonyl (C=O) groups is 1. The first kappa shape index (κ1) is 13.8. The molecule has 96 valence electrons. The maximum Gasteiger partial charge on any atom is 0.303 e. The van der Waals surface area contributed by atoms with Gasteiger partial charge in [0.1, 0.15) is 5.76 Å². The number of ether oxygens (including phenoxy) is 2. The highest BCUT2D eigenvalue weighted by Crippen LogP contribution is 2.25. The van der Waals surface area contributed by atoms with Crippen molar-refractivity contribution in [3.05, 3.63) is 23.5 Å². The first-order chi connectivity index (χ1) is 8.04. The van der Waals surface area contributed by atoms with Gasteiger partial charge >= 0.3 is 5.97 Å². The second-order valence-electron chi connectivity index (χ2n) is 4.38. The Balaban J connectivity index is 2.76. The average molecular weight is 239 g/mol. The van der Waals surface area contributed by atoms with Crippen LogP contribution in [0.5, 0.6) is 0 Å². The number of hydrogen-bond donors (Lipinski definition) is 0. The summed E-state index contributed by atoms with van der Waals surface area (Å²) in [6.07, 6.45) is 5.40. The van der Waals surface area contributed by atoms with Gasteiger partial charge in [0.25, 0.3) is 0 Å². The van der Waals surface area contributed by atoms with E-state index in [4.69, 9.17) is 9.47 Å². The summed E-state index contributed by atoms with van der Waals surface area (Å²) < 4.78 is 10.6. The van der Waals surface area contributed by atoms with Gasteiger partial charge in [0.15, 0.2) is 6.10 Å². The Morgan fingerprint density at radius 1 is 1.53 bits per heavy atom. The lowest BCUT2D eigenvalue weighted by Gasteiger charge is -2.24. The van der Waals surface area contributed by atoms with E-state index in [1.165, 1.54) is 6.92 Å². The Labute approximate surface area is 103 Å². The van der Waals surface area contributed by atoms with Gasteiger partial charge in [0, 0.05) is 19.9 Å². The zero-order valence-electron chi connectivity index (χ0n) is 11.0. The number of allylic oxidation sites excluding steroid dienone is 1. The van der Waals surface area contributed by atoms with Crippen LogP contribution in [-0.4, -0.2) is 44.7 Å². The molecule has 0 aliphatic heterocycles. The number of hydrogen-bond acceptors (Lipinski definition) is 4. The van der Waals surface area contributed by atoms with Crippen LogP contribution in [0, 0.1) is 0 Å². The minimum atomic E-state index is -0.271. The number of nitrogens with zero attached hydrogens (tertiary/aromatic N) is 1. The van der Waals surface area contributed by atoms with Crippen molar-refractivity contribution in [2.75, 3.05) is 27.7 Å². The molecule has 0 N–H and O–H groups in total. The predicted octanol–water partition coefficient (Wildman–Crippen LogP) is 1.73. The van der Waals surface area contributed by atoms with Gasteiger partial charge in [-0.3, -0.25) is 4.79 Å². The molecule has 1 rings (SSSR count). The zero-order chi connectivity index (χ0) is 12.8. The fraction of sp³-hybridized carbons (Fsp3) is 0.615. The predicted molar refractivity (Wildman–Crippen MR) is 66.5 cm³/mol. The maximum absolute atomic E-state index is 11.0. The Morgan fingerprint density at radius 3 is 2.76 bits per heavy atom. The van der Waals surface area contributed by atoms with Crippen LogP contribution in [0.1, 0.15) is 19.8 Å². The quantitative estimate of drug-likeness (QED) is 0.685. The molecule has 1 atom stereocenters. The second-order valence-corrected chi connectivity index (χ2v) is 4.38. The molecule has 0 heterocycles. The maximum atomic E-state index is 11.0. The first-order valence-corrected chi connectivity index (χ1v) is 5.80. The fourth-order valence-electron chi connectivity index (χ4n) is 1.84. The topological polar surface area (TPSA) is 38.8 Å². The molecule has 0 bridgehead atoms. The summed E-state index contributed by atoms with van der Waals surface area (Å²) in [4.78, 5) is 13.1. The van der Waals surface area contributed by atoms with Crippen LogP contribution >= 0.6 is 0 Å². The minimum absolute atomic E-state index is 0.264. The lowest BCUT2D eigenvalue weighted by molar-refractivity contribution is -0.146. The van der Waals surface area contributed by atoms with E-state index in [1.807, 2.05) is 20.2 Å². The molecule has 1 unspecified atom stereocenters. The highest BCUT2D eigenvalue weighted by atomic mass is 16.6. The standard InChI is InChI=1S/C13H21NO3/c1-10(15)17-12-7-5-6-11(13(12)16-4)8-9-14(2)3/h5-6,12H,7-9H2,1-4H3. The molecule has 0 amide bonds. The van der Waals surface area contributed by atoms with Crippen LogP contribution in [-0.2, 0) is 14.3 Å². The van der Waals surface area contributed by atoms with Crippen LogP contribution in [0.15, 0.2) is 23.5 Å². The van der Waals surface area contributed by atoms with Crippen LogP contribution in [0.2, 0.25) is 0 Å². The summed E-state index contributed by atoms with van der Waals surface area (Å²) in [6.45, 7) is 2.37. The molecule has 0 spiro atoms. The van der Waals surface area contributed by atoms with Crippen molar-refractivity contribution in [2.24, 2.45) is 0 Å². The van der Waals surface area contributed by atoms with Gasteiger partial charge in [0.2, 0.25) is 0 Å². The van der Waals surface area contributed by atoms with Crippen LogP contribution in [0.4, 0.5) is 0 Å². The molecule has 0 saturated heterocycles. The monoisotopic (exact) mass is 239 g/mol. The van der Waals surface area contributed by atoms with Crippen molar-refractivity contribution in [1.82, 2.24) is 4.90 Å². The van der Waals surface area contributed by atoms with Crippen LogP contribution < -0.4 is 0 Å². The van der Waals surface area contributed by atoms with Crippen molar-refractivity contribution < 1.29 is 14.3 Å². The van der Waals surface area contributed by atoms with E-state index < -0.39 is 0 Å². The van der Waals surface area contributed by atoms with Gasteiger partial charge in [-0.05, 0) is 26.1 Å². The molecular formula is C13H21NO3. The molecular weight excluding hydrogens is 218 g/mol.